The summed E-state index contributed by atoms with van der Waals surface area (Å²) in [5.41, 5.74) is 2.73. The molecule has 0 fully saturated rings. The van der Waals surface area contributed by atoms with Gasteiger partial charge in [0.15, 0.2) is 28.0 Å². The minimum atomic E-state index is -2.42. The zero-order valence-corrected chi connectivity index (χ0v) is 29.9. The molecule has 0 bridgehead atoms. The molecule has 0 aromatic heterocycles. The smallest absolute Gasteiger partial charge is 0.342 e. The molecule has 8 heteroatoms. The lowest BCUT2D eigenvalue weighted by Crippen LogP contribution is -2.45. The highest BCUT2D eigenvalue weighted by Crippen LogP contribution is 2.49. The molecule has 6 nitrogen and oxygen atoms in total. The molecule has 4 aromatic carbocycles. The molecule has 0 saturated heterocycles. The number of fused-ring (bicyclic) bond motifs is 3. The van der Waals surface area contributed by atoms with E-state index >= 15 is 0 Å². The van der Waals surface area contributed by atoms with Gasteiger partial charge in [0.25, 0.3) is 0 Å². The average molecular weight is 653 g/mol. The Morgan fingerprint density at radius 3 is 2.11 bits per heavy atom. The Balaban J connectivity index is 1.62. The normalized spacial score (nSPS) is 16.1. The van der Waals surface area contributed by atoms with Crippen molar-refractivity contribution in [1.29, 1.82) is 0 Å². The van der Waals surface area contributed by atoms with Gasteiger partial charge in [-0.25, -0.2) is 4.79 Å². The lowest BCUT2D eigenvalue weighted by atomic mass is 9.82. The van der Waals surface area contributed by atoms with Crippen molar-refractivity contribution in [2.24, 2.45) is 0 Å². The molecule has 0 N–H and O–H groups in total. The van der Waals surface area contributed by atoms with Gasteiger partial charge >= 0.3 is 11.9 Å². The van der Waals surface area contributed by atoms with Crippen molar-refractivity contribution in [3.8, 4) is 11.5 Å². The summed E-state index contributed by atoms with van der Waals surface area (Å²) < 4.78 is 25.2. The van der Waals surface area contributed by atoms with Gasteiger partial charge in [-0.3, -0.25) is 4.79 Å². The summed E-state index contributed by atoms with van der Waals surface area (Å²) in [5, 5.41) is 1.32. The van der Waals surface area contributed by atoms with Gasteiger partial charge < -0.3 is 18.3 Å². The van der Waals surface area contributed by atoms with Crippen LogP contribution in [-0.2, 0) is 19.2 Å². The van der Waals surface area contributed by atoms with Gasteiger partial charge in [0.2, 0.25) is 0 Å². The van der Waals surface area contributed by atoms with Crippen molar-refractivity contribution in [1.82, 2.24) is 0 Å². The van der Waals surface area contributed by atoms with Crippen molar-refractivity contribution < 1.29 is 27.9 Å². The molecule has 0 spiro atoms. The summed E-state index contributed by atoms with van der Waals surface area (Å²) in [7, 11) is -3.03. The molecule has 0 radical (unpaired) electrons. The second kappa shape index (κ2) is 13.4. The van der Waals surface area contributed by atoms with Gasteiger partial charge in [-0.2, -0.15) is 0 Å². The number of esters is 2. The fraction of sp³-hybridized carbons (Fsp3) is 0.316. The quantitative estimate of drug-likeness (QED) is 0.0913. The van der Waals surface area contributed by atoms with E-state index in [1.54, 1.807) is 0 Å². The number of hydrogen-bond donors (Lipinski definition) is 0. The summed E-state index contributed by atoms with van der Waals surface area (Å²) in [4.78, 5) is 27.2. The molecular weight excluding hydrogens is 609 g/mol. The molecule has 0 saturated carbocycles. The first-order chi connectivity index (χ1) is 21.9. The molecule has 1 aliphatic rings. The third kappa shape index (κ3) is 6.89. The number of benzene rings is 4. The zero-order valence-electron chi connectivity index (χ0n) is 27.9. The number of carbonyl (C=O) groups excluding carboxylic acids is 2. The van der Waals surface area contributed by atoms with Crippen molar-refractivity contribution in [3.05, 3.63) is 113 Å². The minimum Gasteiger partial charge on any atom is -0.472 e. The first-order valence-corrected chi connectivity index (χ1v) is 22.2. The van der Waals surface area contributed by atoms with Crippen LogP contribution in [0.5, 0.6) is 11.5 Å². The first kappa shape index (κ1) is 33.4. The Morgan fingerprint density at radius 2 is 1.46 bits per heavy atom. The third-order valence-corrected chi connectivity index (χ3v) is 15.6. The standard InChI is InChI=1S/C38H44O6Si2/c1-8-9-25-45(4,5)44-46(6,7)26-33(39)42-36-31-18-14-13-17-30(31)35-32(34(36)37(40)41-3)23-24-38(43-35,28-15-11-10-12-16-28)29-21-19-27(2)20-22-29/h10-24H,8-9,25-26H2,1-7H3. The Morgan fingerprint density at radius 1 is 0.826 bits per heavy atom. The summed E-state index contributed by atoms with van der Waals surface area (Å²) in [6, 6.07) is 27.1. The second-order valence-electron chi connectivity index (χ2n) is 13.3. The molecule has 240 valence electrons. The van der Waals surface area contributed by atoms with Crippen LogP contribution in [0.4, 0.5) is 0 Å². The number of carbonyl (C=O) groups is 2. The number of rotatable bonds is 11. The van der Waals surface area contributed by atoms with Gasteiger partial charge in [0.05, 0.1) is 13.2 Å². The zero-order chi connectivity index (χ0) is 33.1. The number of ether oxygens (including phenoxy) is 3. The average Bonchev–Trinajstić information content (AvgIpc) is 3.03. The maximum absolute atomic E-state index is 13.7. The Kier molecular flexibility index (Phi) is 9.72. The van der Waals surface area contributed by atoms with E-state index in [4.69, 9.17) is 18.3 Å². The number of aryl methyl sites for hydroxylation is 1. The predicted octanol–water partition coefficient (Wildman–Crippen LogP) is 9.42. The number of unbranched alkanes of at least 4 members (excludes halogenated alkanes) is 1. The topological polar surface area (TPSA) is 71.1 Å². The first-order valence-electron chi connectivity index (χ1n) is 16.0. The highest BCUT2D eigenvalue weighted by molar-refractivity contribution is 6.86. The van der Waals surface area contributed by atoms with Crippen molar-refractivity contribution >= 4 is 45.4 Å². The molecule has 46 heavy (non-hydrogen) atoms. The fourth-order valence-electron chi connectivity index (χ4n) is 6.37. The van der Waals surface area contributed by atoms with E-state index in [0.29, 0.717) is 16.7 Å². The highest BCUT2D eigenvalue weighted by Gasteiger charge is 2.41. The molecular formula is C38H44O6Si2. The maximum atomic E-state index is 13.7. The van der Waals surface area contributed by atoms with Crippen LogP contribution in [0.2, 0.25) is 38.3 Å². The number of hydrogen-bond acceptors (Lipinski definition) is 6. The molecule has 1 aliphatic heterocycles. The molecule has 0 amide bonds. The van der Waals surface area contributed by atoms with Gasteiger partial charge in [0.1, 0.15) is 11.3 Å². The monoisotopic (exact) mass is 652 g/mol. The van der Waals surface area contributed by atoms with E-state index < -0.39 is 34.2 Å². The summed E-state index contributed by atoms with van der Waals surface area (Å²) >= 11 is 0. The highest BCUT2D eigenvalue weighted by atomic mass is 28.4. The Hall–Kier alpha value is -3.99. The minimum absolute atomic E-state index is 0.157. The summed E-state index contributed by atoms with van der Waals surface area (Å²) in [6.45, 7) is 12.8. The Labute approximate surface area is 274 Å². The molecule has 0 aliphatic carbocycles. The van der Waals surface area contributed by atoms with Gasteiger partial charge in [-0.05, 0) is 51.3 Å². The van der Waals surface area contributed by atoms with Crippen LogP contribution in [0, 0.1) is 6.92 Å². The van der Waals surface area contributed by atoms with E-state index in [1.807, 2.05) is 66.7 Å². The van der Waals surface area contributed by atoms with E-state index in [-0.39, 0.29) is 17.4 Å². The van der Waals surface area contributed by atoms with Gasteiger partial charge in [0, 0.05) is 27.5 Å². The van der Waals surface area contributed by atoms with Gasteiger partial charge in [-0.1, -0.05) is 104 Å². The number of methoxy groups -OCH3 is 1. The van der Waals surface area contributed by atoms with Crippen LogP contribution in [-0.4, -0.2) is 35.7 Å². The lowest BCUT2D eigenvalue weighted by molar-refractivity contribution is -0.132. The SMILES string of the molecule is CCCC[Si](C)(C)O[Si](C)(C)CC(=O)Oc1c(C(=O)OC)c2c(c3ccccc13)OC(c1ccccc1)(c1ccc(C)cc1)C=C2. The summed E-state index contributed by atoms with van der Waals surface area (Å²) in [6.07, 6.45) is 6.09. The van der Waals surface area contributed by atoms with E-state index in [0.717, 1.165) is 41.0 Å². The van der Waals surface area contributed by atoms with Crippen LogP contribution in [0.1, 0.15) is 52.4 Å². The van der Waals surface area contributed by atoms with Crippen molar-refractivity contribution in [2.75, 3.05) is 7.11 Å². The van der Waals surface area contributed by atoms with Crippen molar-refractivity contribution in [2.45, 2.75) is 70.6 Å². The van der Waals surface area contributed by atoms with Crippen LogP contribution in [0.25, 0.3) is 16.8 Å². The second-order valence-corrected chi connectivity index (χ2v) is 22.0. The van der Waals surface area contributed by atoms with Crippen LogP contribution in [0.3, 0.4) is 0 Å². The van der Waals surface area contributed by atoms with E-state index in [9.17, 15) is 9.59 Å². The van der Waals surface area contributed by atoms with E-state index in [2.05, 4.69) is 64.3 Å². The van der Waals surface area contributed by atoms with Crippen LogP contribution in [0.15, 0.2) is 84.9 Å². The van der Waals surface area contributed by atoms with Gasteiger partial charge in [-0.15, -0.1) is 0 Å². The van der Waals surface area contributed by atoms with Crippen molar-refractivity contribution in [3.63, 3.8) is 0 Å². The van der Waals surface area contributed by atoms with Crippen LogP contribution < -0.4 is 9.47 Å². The molecule has 4 aromatic rings. The molecule has 1 unspecified atom stereocenters. The van der Waals surface area contributed by atoms with E-state index in [1.165, 1.54) is 7.11 Å². The summed E-state index contributed by atoms with van der Waals surface area (Å²) in [5.74, 6) is -0.341. The molecule has 1 atom stereocenters. The fourth-order valence-corrected chi connectivity index (χ4v) is 15.0. The molecule has 1 heterocycles. The maximum Gasteiger partial charge on any atom is 0.342 e. The largest absolute Gasteiger partial charge is 0.472 e. The Bertz CT molecular complexity index is 1760. The molecule has 5 rings (SSSR count). The lowest BCUT2D eigenvalue weighted by Gasteiger charge is -2.37. The third-order valence-electron chi connectivity index (χ3n) is 8.45. The predicted molar refractivity (Wildman–Crippen MR) is 190 cm³/mol. The van der Waals surface area contributed by atoms with Crippen LogP contribution >= 0.6 is 0 Å².